The number of hydrogen-bond acceptors (Lipinski definition) is 3. The minimum atomic E-state index is -0.614. The monoisotopic (exact) mass is 295 g/mol. The molecule has 0 aliphatic rings. The molecule has 1 atom stereocenters. The maximum atomic E-state index is 10.3. The van der Waals surface area contributed by atoms with E-state index in [1.807, 2.05) is 6.92 Å². The Kier molecular flexibility index (Phi) is 6.11. The van der Waals surface area contributed by atoms with Gasteiger partial charge in [-0.25, -0.2) is 0 Å². The van der Waals surface area contributed by atoms with E-state index >= 15 is 0 Å². The summed E-state index contributed by atoms with van der Waals surface area (Å²) in [6.45, 7) is 13.4. The van der Waals surface area contributed by atoms with Gasteiger partial charge in [0.1, 0.15) is 0 Å². The highest BCUT2D eigenvalue weighted by atomic mass is 32.2. The molecule has 0 amide bonds. The Hall–Kier alpha value is -0.510. The standard InChI is InChI=1S/C17H29NOS/c1-13(2)17(6,19)12-20-15-9-7-14(8-10-15)11-18-16(3,4)5/h7-10,13,18-19H,11-12H2,1-6H3. The number of nitrogens with one attached hydrogen (secondary N) is 1. The lowest BCUT2D eigenvalue weighted by Crippen LogP contribution is -2.35. The van der Waals surface area contributed by atoms with Crippen LogP contribution in [-0.2, 0) is 6.54 Å². The van der Waals surface area contributed by atoms with E-state index in [2.05, 4.69) is 64.2 Å². The van der Waals surface area contributed by atoms with Crippen LogP contribution in [0.3, 0.4) is 0 Å². The van der Waals surface area contributed by atoms with Gasteiger partial charge in [-0.2, -0.15) is 0 Å². The quantitative estimate of drug-likeness (QED) is 0.776. The Bertz CT molecular complexity index is 404. The Morgan fingerprint density at radius 2 is 1.65 bits per heavy atom. The van der Waals surface area contributed by atoms with Crippen molar-refractivity contribution in [3.8, 4) is 0 Å². The van der Waals surface area contributed by atoms with Gasteiger partial charge in [0.25, 0.3) is 0 Å². The number of rotatable bonds is 6. The fourth-order valence-corrected chi connectivity index (χ4v) is 2.59. The molecule has 0 bridgehead atoms. The summed E-state index contributed by atoms with van der Waals surface area (Å²) in [5.41, 5.74) is 0.820. The van der Waals surface area contributed by atoms with E-state index in [4.69, 9.17) is 0 Å². The fraction of sp³-hybridized carbons (Fsp3) is 0.647. The molecule has 0 aliphatic heterocycles. The third-order valence-electron chi connectivity index (χ3n) is 3.52. The minimum absolute atomic E-state index is 0.142. The Labute approximate surface area is 128 Å². The Morgan fingerprint density at radius 3 is 2.10 bits per heavy atom. The molecule has 1 unspecified atom stereocenters. The summed E-state index contributed by atoms with van der Waals surface area (Å²) in [4.78, 5) is 1.21. The molecular weight excluding hydrogens is 266 g/mol. The molecule has 1 aromatic carbocycles. The van der Waals surface area contributed by atoms with Crippen molar-refractivity contribution in [1.82, 2.24) is 5.32 Å². The van der Waals surface area contributed by atoms with Crippen LogP contribution in [0.15, 0.2) is 29.2 Å². The third kappa shape index (κ3) is 6.29. The molecule has 1 aromatic rings. The van der Waals surface area contributed by atoms with Gasteiger partial charge in [-0.3, -0.25) is 0 Å². The summed E-state index contributed by atoms with van der Waals surface area (Å²) >= 11 is 1.72. The minimum Gasteiger partial charge on any atom is -0.389 e. The van der Waals surface area contributed by atoms with Crippen LogP contribution in [0.1, 0.15) is 47.1 Å². The van der Waals surface area contributed by atoms with Crippen molar-refractivity contribution in [1.29, 1.82) is 0 Å². The van der Waals surface area contributed by atoms with E-state index in [9.17, 15) is 5.11 Å². The number of benzene rings is 1. The molecule has 1 rings (SSSR count). The van der Waals surface area contributed by atoms with E-state index in [0.717, 1.165) is 12.3 Å². The second-order valence-corrected chi connectivity index (χ2v) is 8.10. The van der Waals surface area contributed by atoms with Gasteiger partial charge in [0.15, 0.2) is 0 Å². The van der Waals surface area contributed by atoms with Gasteiger partial charge in [-0.15, -0.1) is 11.8 Å². The molecule has 0 aliphatic carbocycles. The van der Waals surface area contributed by atoms with Crippen molar-refractivity contribution in [2.75, 3.05) is 5.75 Å². The van der Waals surface area contributed by atoms with E-state index in [1.54, 1.807) is 11.8 Å². The van der Waals surface area contributed by atoms with Crippen LogP contribution in [0, 0.1) is 5.92 Å². The average Bonchev–Trinajstić information content (AvgIpc) is 2.34. The van der Waals surface area contributed by atoms with Crippen molar-refractivity contribution >= 4 is 11.8 Å². The molecule has 0 saturated carbocycles. The first-order valence-electron chi connectivity index (χ1n) is 7.29. The first-order valence-corrected chi connectivity index (χ1v) is 8.28. The molecule has 2 N–H and O–H groups in total. The lowest BCUT2D eigenvalue weighted by atomic mass is 9.95. The second-order valence-electron chi connectivity index (χ2n) is 7.05. The first-order chi connectivity index (χ1) is 9.10. The number of hydrogen-bond donors (Lipinski definition) is 2. The van der Waals surface area contributed by atoms with Crippen molar-refractivity contribution < 1.29 is 5.11 Å². The van der Waals surface area contributed by atoms with Gasteiger partial charge in [0, 0.05) is 22.7 Å². The van der Waals surface area contributed by atoms with E-state index < -0.39 is 5.60 Å². The van der Waals surface area contributed by atoms with E-state index in [1.165, 1.54) is 10.5 Å². The van der Waals surface area contributed by atoms with Gasteiger partial charge in [-0.05, 0) is 51.3 Å². The lowest BCUT2D eigenvalue weighted by molar-refractivity contribution is 0.0376. The molecule has 0 heterocycles. The van der Waals surface area contributed by atoms with Crippen LogP contribution < -0.4 is 5.32 Å². The van der Waals surface area contributed by atoms with E-state index in [0.29, 0.717) is 0 Å². The third-order valence-corrected chi connectivity index (χ3v) is 4.86. The Morgan fingerprint density at radius 1 is 1.10 bits per heavy atom. The molecule has 0 radical (unpaired) electrons. The van der Waals surface area contributed by atoms with Crippen LogP contribution >= 0.6 is 11.8 Å². The van der Waals surface area contributed by atoms with Crippen molar-refractivity contribution in [3.05, 3.63) is 29.8 Å². The zero-order valence-electron chi connectivity index (χ0n) is 13.7. The SMILES string of the molecule is CC(C)C(C)(O)CSc1ccc(CNC(C)(C)C)cc1. The molecule has 0 spiro atoms. The summed E-state index contributed by atoms with van der Waals surface area (Å²) < 4.78 is 0. The smallest absolute Gasteiger partial charge is 0.0736 e. The molecule has 0 fully saturated rings. The van der Waals surface area contributed by atoms with E-state index in [-0.39, 0.29) is 11.5 Å². The summed E-state index contributed by atoms with van der Waals surface area (Å²) in [6, 6.07) is 8.60. The van der Waals surface area contributed by atoms with Crippen LogP contribution in [0.4, 0.5) is 0 Å². The largest absolute Gasteiger partial charge is 0.389 e. The highest BCUT2D eigenvalue weighted by molar-refractivity contribution is 7.99. The van der Waals surface area contributed by atoms with Crippen LogP contribution in [0.25, 0.3) is 0 Å². The molecule has 0 aromatic heterocycles. The van der Waals surface area contributed by atoms with Gasteiger partial charge >= 0.3 is 0 Å². The van der Waals surface area contributed by atoms with Crippen molar-refractivity contribution in [2.24, 2.45) is 5.92 Å². The Balaban J connectivity index is 2.51. The van der Waals surface area contributed by atoms with Crippen LogP contribution in [-0.4, -0.2) is 22.0 Å². The zero-order valence-corrected chi connectivity index (χ0v) is 14.5. The number of aliphatic hydroxyl groups is 1. The maximum absolute atomic E-state index is 10.3. The normalized spacial score (nSPS) is 15.4. The summed E-state index contributed by atoms with van der Waals surface area (Å²) in [5.74, 6) is 0.995. The summed E-state index contributed by atoms with van der Waals surface area (Å²) in [6.07, 6.45) is 0. The highest BCUT2D eigenvalue weighted by Crippen LogP contribution is 2.27. The molecular formula is C17H29NOS. The molecule has 114 valence electrons. The van der Waals surface area contributed by atoms with Crippen molar-refractivity contribution in [3.63, 3.8) is 0 Å². The van der Waals surface area contributed by atoms with Crippen LogP contribution in [0.2, 0.25) is 0 Å². The second kappa shape index (κ2) is 6.97. The summed E-state index contributed by atoms with van der Waals surface area (Å²) in [7, 11) is 0. The highest BCUT2D eigenvalue weighted by Gasteiger charge is 2.24. The van der Waals surface area contributed by atoms with Crippen LogP contribution in [0.5, 0.6) is 0 Å². The maximum Gasteiger partial charge on any atom is 0.0736 e. The van der Waals surface area contributed by atoms with Crippen molar-refractivity contribution in [2.45, 2.75) is 64.1 Å². The zero-order chi connectivity index (χ0) is 15.4. The topological polar surface area (TPSA) is 32.3 Å². The lowest BCUT2D eigenvalue weighted by Gasteiger charge is -2.27. The van der Waals surface area contributed by atoms with Gasteiger partial charge < -0.3 is 10.4 Å². The molecule has 3 heteroatoms. The fourth-order valence-electron chi connectivity index (χ4n) is 1.47. The predicted molar refractivity (Wildman–Crippen MR) is 89.2 cm³/mol. The van der Waals surface area contributed by atoms with Gasteiger partial charge in [0.05, 0.1) is 5.60 Å². The predicted octanol–water partition coefficient (Wildman–Crippen LogP) is 4.07. The number of thioether (sulfide) groups is 1. The van der Waals surface area contributed by atoms with Gasteiger partial charge in [0.2, 0.25) is 0 Å². The molecule has 20 heavy (non-hydrogen) atoms. The first kappa shape index (κ1) is 17.5. The average molecular weight is 295 g/mol. The summed E-state index contributed by atoms with van der Waals surface area (Å²) in [5, 5.41) is 13.7. The van der Waals surface area contributed by atoms with Gasteiger partial charge in [-0.1, -0.05) is 26.0 Å². The molecule has 2 nitrogen and oxygen atoms in total. The molecule has 0 saturated heterocycles.